The maximum Gasteiger partial charge on any atom is 0.238 e. The molecule has 296 valence electrons. The van der Waals surface area contributed by atoms with Gasteiger partial charge in [-0.05, 0) is 127 Å². The van der Waals surface area contributed by atoms with Crippen LogP contribution in [0.2, 0.25) is 0 Å². The molecule has 4 bridgehead atoms. The van der Waals surface area contributed by atoms with Crippen LogP contribution in [0.4, 0.5) is 0 Å². The summed E-state index contributed by atoms with van der Waals surface area (Å²) in [5.74, 6) is 4.54. The lowest BCUT2D eigenvalue weighted by Gasteiger charge is -2.57. The first-order valence-corrected chi connectivity index (χ1v) is 22.1. The SMILES string of the molecule is N#Cc1ccc(-c2ccc(-c3nc(-c4ccccc4)nc(-n4c5ccccc5c5cc6c(cc54)c4ccccc4n6-c4ccc(C56CC7CC(CC(C7)C5)C6)cc4)n3)cc2)cc1. The number of para-hydroxylation sites is 2. The number of fused-ring (bicyclic) bond motifs is 6. The number of hydrogen-bond acceptors (Lipinski definition) is 4. The summed E-state index contributed by atoms with van der Waals surface area (Å²) in [4.78, 5) is 15.6. The Hall–Kier alpha value is -7.36. The topological polar surface area (TPSA) is 72.3 Å². The van der Waals surface area contributed by atoms with Gasteiger partial charge in [-0.15, -0.1) is 0 Å². The molecule has 0 amide bonds. The summed E-state index contributed by atoms with van der Waals surface area (Å²) in [6.45, 7) is 0. The van der Waals surface area contributed by atoms with E-state index in [1.807, 2.05) is 42.5 Å². The van der Waals surface area contributed by atoms with Gasteiger partial charge in [-0.3, -0.25) is 4.57 Å². The summed E-state index contributed by atoms with van der Waals surface area (Å²) in [5.41, 5.74) is 12.2. The molecule has 0 radical (unpaired) electrons. The summed E-state index contributed by atoms with van der Waals surface area (Å²) in [6, 6.07) is 60.3. The molecule has 0 atom stereocenters. The van der Waals surface area contributed by atoms with Gasteiger partial charge in [0.1, 0.15) is 0 Å². The smallest absolute Gasteiger partial charge is 0.238 e. The Morgan fingerprint density at radius 1 is 0.452 bits per heavy atom. The zero-order valence-corrected chi connectivity index (χ0v) is 34.2. The van der Waals surface area contributed by atoms with Crippen molar-refractivity contribution in [3.63, 3.8) is 0 Å². The lowest BCUT2D eigenvalue weighted by molar-refractivity contribution is -0.00518. The maximum atomic E-state index is 9.30. The largest absolute Gasteiger partial charge is 0.309 e. The lowest BCUT2D eigenvalue weighted by atomic mass is 9.48. The van der Waals surface area contributed by atoms with Gasteiger partial charge in [0.25, 0.3) is 0 Å². The van der Waals surface area contributed by atoms with Crippen molar-refractivity contribution >= 4 is 43.6 Å². The van der Waals surface area contributed by atoms with E-state index in [0.29, 0.717) is 28.6 Å². The van der Waals surface area contributed by atoms with Crippen LogP contribution in [0.15, 0.2) is 164 Å². The standard InChI is InChI=1S/C56H42N6/c57-34-35-14-16-39(17-15-35)40-18-20-42(21-19-40)54-58-53(41-8-2-1-3-9-41)59-55(60-54)62-50-13-7-5-11-46(50)48-29-51-47(30-52(48)62)45-10-4-6-12-49(45)61(51)44-24-22-43(23-25-44)56-31-36-26-37(32-56)28-38(27-36)33-56/h1-25,29-30,36-38H,26-28,31-33H2. The molecule has 3 heterocycles. The van der Waals surface area contributed by atoms with Crippen molar-refractivity contribution in [3.8, 4) is 51.6 Å². The van der Waals surface area contributed by atoms with Crippen molar-refractivity contribution in [2.24, 2.45) is 17.8 Å². The highest BCUT2D eigenvalue weighted by Crippen LogP contribution is 2.60. The van der Waals surface area contributed by atoms with Gasteiger partial charge < -0.3 is 4.57 Å². The molecule has 4 aliphatic rings. The molecule has 4 fully saturated rings. The molecule has 0 saturated heterocycles. The van der Waals surface area contributed by atoms with Gasteiger partial charge in [-0.2, -0.15) is 15.2 Å². The Bertz CT molecular complexity index is 3390. The van der Waals surface area contributed by atoms with Crippen molar-refractivity contribution < 1.29 is 0 Å². The Morgan fingerprint density at radius 3 is 1.52 bits per heavy atom. The zero-order chi connectivity index (χ0) is 40.9. The van der Waals surface area contributed by atoms with Crippen LogP contribution in [0.1, 0.15) is 49.7 Å². The zero-order valence-electron chi connectivity index (χ0n) is 34.2. The second-order valence-corrected chi connectivity index (χ2v) is 18.3. The molecular formula is C56H42N6. The van der Waals surface area contributed by atoms with Crippen LogP contribution in [-0.4, -0.2) is 24.1 Å². The van der Waals surface area contributed by atoms with Gasteiger partial charge in [0.2, 0.25) is 5.95 Å². The number of benzene rings is 7. The molecule has 10 aromatic rings. The molecule has 0 unspecified atom stereocenters. The fraction of sp³-hybridized carbons (Fsp3) is 0.179. The van der Waals surface area contributed by atoms with E-state index in [4.69, 9.17) is 15.0 Å². The average molecular weight is 799 g/mol. The normalized spacial score (nSPS) is 20.4. The first-order valence-electron chi connectivity index (χ1n) is 22.1. The van der Waals surface area contributed by atoms with E-state index in [1.54, 1.807) is 5.56 Å². The molecule has 4 aliphatic carbocycles. The van der Waals surface area contributed by atoms with E-state index in [2.05, 4.69) is 137 Å². The second kappa shape index (κ2) is 13.6. The van der Waals surface area contributed by atoms with Crippen molar-refractivity contribution in [2.45, 2.75) is 43.9 Å². The van der Waals surface area contributed by atoms with Gasteiger partial charge in [0.05, 0.1) is 33.7 Å². The molecule has 6 nitrogen and oxygen atoms in total. The van der Waals surface area contributed by atoms with E-state index < -0.39 is 0 Å². The molecule has 14 rings (SSSR count). The highest BCUT2D eigenvalue weighted by Gasteiger charge is 2.51. The Morgan fingerprint density at radius 2 is 0.935 bits per heavy atom. The lowest BCUT2D eigenvalue weighted by Crippen LogP contribution is -2.48. The molecular weight excluding hydrogens is 757 g/mol. The summed E-state index contributed by atoms with van der Waals surface area (Å²) >= 11 is 0. The van der Waals surface area contributed by atoms with Gasteiger partial charge in [-0.1, -0.05) is 115 Å². The molecule has 62 heavy (non-hydrogen) atoms. The Kier molecular flexibility index (Phi) is 7.75. The summed E-state index contributed by atoms with van der Waals surface area (Å²) < 4.78 is 4.69. The summed E-state index contributed by atoms with van der Waals surface area (Å²) in [6.07, 6.45) is 8.50. The molecule has 0 N–H and O–H groups in total. The average Bonchev–Trinajstić information content (AvgIpc) is 3.82. The predicted molar refractivity (Wildman–Crippen MR) is 249 cm³/mol. The van der Waals surface area contributed by atoms with Crippen molar-refractivity contribution in [2.75, 3.05) is 0 Å². The van der Waals surface area contributed by atoms with E-state index in [1.165, 1.54) is 66.0 Å². The van der Waals surface area contributed by atoms with Crippen LogP contribution in [-0.2, 0) is 5.41 Å². The fourth-order valence-electron chi connectivity index (χ4n) is 12.2. The highest BCUT2D eigenvalue weighted by atomic mass is 15.2. The fourth-order valence-corrected chi connectivity index (χ4v) is 12.2. The van der Waals surface area contributed by atoms with E-state index in [0.717, 1.165) is 61.8 Å². The van der Waals surface area contributed by atoms with Crippen molar-refractivity contribution in [1.82, 2.24) is 24.1 Å². The van der Waals surface area contributed by atoms with Crippen LogP contribution in [0.3, 0.4) is 0 Å². The molecule has 4 saturated carbocycles. The minimum Gasteiger partial charge on any atom is -0.309 e. The molecule has 0 aliphatic heterocycles. The molecule has 3 aromatic heterocycles. The highest BCUT2D eigenvalue weighted by molar-refractivity contribution is 6.18. The van der Waals surface area contributed by atoms with Crippen LogP contribution in [0.5, 0.6) is 0 Å². The van der Waals surface area contributed by atoms with Gasteiger partial charge >= 0.3 is 0 Å². The maximum absolute atomic E-state index is 9.30. The number of nitriles is 1. The molecule has 6 heteroatoms. The number of nitrogens with zero attached hydrogens (tertiary/aromatic N) is 6. The summed E-state index contributed by atoms with van der Waals surface area (Å²) in [5, 5.41) is 14.0. The second-order valence-electron chi connectivity index (χ2n) is 18.3. The van der Waals surface area contributed by atoms with Crippen LogP contribution in [0, 0.1) is 29.1 Å². The van der Waals surface area contributed by atoms with Gasteiger partial charge in [0.15, 0.2) is 11.6 Å². The number of aromatic nitrogens is 5. The molecule has 7 aromatic carbocycles. The third-order valence-electron chi connectivity index (χ3n) is 14.6. The van der Waals surface area contributed by atoms with Crippen molar-refractivity contribution in [1.29, 1.82) is 5.26 Å². The van der Waals surface area contributed by atoms with Gasteiger partial charge in [-0.25, -0.2) is 4.98 Å². The summed E-state index contributed by atoms with van der Waals surface area (Å²) in [7, 11) is 0. The van der Waals surface area contributed by atoms with Crippen LogP contribution < -0.4 is 0 Å². The number of rotatable bonds is 6. The first-order chi connectivity index (χ1) is 30.6. The Labute approximate surface area is 359 Å². The third-order valence-corrected chi connectivity index (χ3v) is 14.6. The number of hydrogen-bond donors (Lipinski definition) is 0. The van der Waals surface area contributed by atoms with E-state index in [9.17, 15) is 5.26 Å². The van der Waals surface area contributed by atoms with Crippen molar-refractivity contribution in [3.05, 3.63) is 175 Å². The quantitative estimate of drug-likeness (QED) is 0.168. The first kappa shape index (κ1) is 35.4. The Balaban J connectivity index is 0.976. The minimum atomic E-state index is 0.368. The van der Waals surface area contributed by atoms with E-state index in [-0.39, 0.29) is 0 Å². The van der Waals surface area contributed by atoms with Gasteiger partial charge in [0, 0.05) is 38.4 Å². The predicted octanol–water partition coefficient (Wildman–Crippen LogP) is 13.4. The monoisotopic (exact) mass is 798 g/mol. The van der Waals surface area contributed by atoms with E-state index >= 15 is 0 Å². The van der Waals surface area contributed by atoms with Crippen LogP contribution >= 0.6 is 0 Å². The van der Waals surface area contributed by atoms with Crippen LogP contribution in [0.25, 0.3) is 89.2 Å². The molecule has 0 spiro atoms. The third kappa shape index (κ3) is 5.51. The minimum absolute atomic E-state index is 0.368.